The highest BCUT2D eigenvalue weighted by atomic mass is 35.5. The Labute approximate surface area is 127 Å². The van der Waals surface area contributed by atoms with Gasteiger partial charge in [0.1, 0.15) is 11.0 Å². The zero-order valence-electron chi connectivity index (χ0n) is 10.3. The second-order valence-corrected chi connectivity index (χ2v) is 5.27. The van der Waals surface area contributed by atoms with Crippen LogP contribution in [0.2, 0.25) is 15.2 Å². The van der Waals surface area contributed by atoms with E-state index < -0.39 is 0 Å². The lowest BCUT2D eigenvalue weighted by Crippen LogP contribution is -2.21. The van der Waals surface area contributed by atoms with Gasteiger partial charge in [-0.25, -0.2) is 4.98 Å². The zero-order valence-corrected chi connectivity index (χ0v) is 12.5. The molecule has 0 saturated carbocycles. The zero-order chi connectivity index (χ0) is 13.8. The number of rotatable bonds is 4. The number of likely N-dealkylation sites (N-methyl/N-ethyl adjacent to an activating group) is 1. The van der Waals surface area contributed by atoms with E-state index >= 15 is 0 Å². The first-order chi connectivity index (χ1) is 9.08. The number of hydrogen-bond donors (Lipinski definition) is 0. The Hall–Kier alpha value is -1.03. The Morgan fingerprint density at radius 3 is 2.47 bits per heavy atom. The van der Waals surface area contributed by atoms with Crippen molar-refractivity contribution in [2.24, 2.45) is 0 Å². The summed E-state index contributed by atoms with van der Waals surface area (Å²) < 4.78 is 0. The predicted octanol–water partition coefficient (Wildman–Crippen LogP) is 4.12. The minimum atomic E-state index is 0.261. The molecule has 0 aliphatic heterocycles. The van der Waals surface area contributed by atoms with Crippen molar-refractivity contribution >= 4 is 40.6 Å². The second kappa shape index (κ2) is 6.42. The van der Waals surface area contributed by atoms with E-state index in [0.29, 0.717) is 15.9 Å². The molecule has 0 fully saturated rings. The topological polar surface area (TPSA) is 29.0 Å². The lowest BCUT2D eigenvalue weighted by molar-refractivity contribution is 0.858. The van der Waals surface area contributed by atoms with Gasteiger partial charge < -0.3 is 4.90 Å². The fraction of sp³-hybridized carbons (Fsp3) is 0.231. The van der Waals surface area contributed by atoms with Crippen molar-refractivity contribution in [1.82, 2.24) is 9.97 Å². The average molecular weight is 317 g/mol. The first-order valence-corrected chi connectivity index (χ1v) is 6.83. The summed E-state index contributed by atoms with van der Waals surface area (Å²) in [4.78, 5) is 10.1. The molecule has 0 amide bonds. The van der Waals surface area contributed by atoms with Crippen LogP contribution in [0.5, 0.6) is 0 Å². The highest BCUT2D eigenvalue weighted by Crippen LogP contribution is 2.30. The van der Waals surface area contributed by atoms with Crippen LogP contribution < -0.4 is 4.90 Å². The summed E-state index contributed by atoms with van der Waals surface area (Å²) in [6, 6.07) is 5.58. The minimum absolute atomic E-state index is 0.261. The third-order valence-electron chi connectivity index (χ3n) is 2.72. The lowest BCUT2D eigenvalue weighted by Gasteiger charge is -2.19. The third kappa shape index (κ3) is 3.72. The molecule has 2 rings (SSSR count). The van der Waals surface area contributed by atoms with Gasteiger partial charge in [0.25, 0.3) is 0 Å². The lowest BCUT2D eigenvalue weighted by atomic mass is 10.2. The van der Waals surface area contributed by atoms with E-state index in [0.717, 1.165) is 13.0 Å². The molecule has 6 heteroatoms. The fourth-order valence-electron chi connectivity index (χ4n) is 1.65. The molecule has 0 aromatic carbocycles. The van der Waals surface area contributed by atoms with E-state index in [2.05, 4.69) is 9.97 Å². The van der Waals surface area contributed by atoms with Gasteiger partial charge in [0.2, 0.25) is 0 Å². The van der Waals surface area contributed by atoms with E-state index in [9.17, 15) is 0 Å². The number of pyridine rings is 2. The van der Waals surface area contributed by atoms with Crippen molar-refractivity contribution < 1.29 is 0 Å². The molecule has 0 aliphatic carbocycles. The van der Waals surface area contributed by atoms with Crippen molar-refractivity contribution in [2.45, 2.75) is 6.42 Å². The Bertz CT molecular complexity index is 561. The first-order valence-electron chi connectivity index (χ1n) is 5.69. The van der Waals surface area contributed by atoms with Crippen molar-refractivity contribution in [3.05, 3.63) is 51.4 Å². The molecule has 0 bridgehead atoms. The van der Waals surface area contributed by atoms with Crippen LogP contribution in [0.15, 0.2) is 30.6 Å². The third-order valence-corrected chi connectivity index (χ3v) is 3.67. The quantitative estimate of drug-likeness (QED) is 0.795. The van der Waals surface area contributed by atoms with Gasteiger partial charge in [0.05, 0.1) is 10.0 Å². The molecular formula is C13H12Cl3N3. The normalized spacial score (nSPS) is 10.5. The van der Waals surface area contributed by atoms with Crippen LogP contribution in [0.4, 0.5) is 5.82 Å². The van der Waals surface area contributed by atoms with E-state index in [1.54, 1.807) is 18.5 Å². The van der Waals surface area contributed by atoms with Crippen LogP contribution in [0, 0.1) is 0 Å². The molecule has 3 nitrogen and oxygen atoms in total. The maximum Gasteiger partial charge on any atom is 0.150 e. The Morgan fingerprint density at radius 2 is 1.79 bits per heavy atom. The number of anilines is 1. The highest BCUT2D eigenvalue weighted by molar-refractivity contribution is 6.42. The summed E-state index contributed by atoms with van der Waals surface area (Å²) in [7, 11) is 1.92. The summed E-state index contributed by atoms with van der Waals surface area (Å²) >= 11 is 17.9. The molecule has 0 atom stereocenters. The fourth-order valence-corrected chi connectivity index (χ4v) is 2.29. The maximum atomic E-state index is 6.12. The predicted molar refractivity (Wildman–Crippen MR) is 80.5 cm³/mol. The number of hydrogen-bond acceptors (Lipinski definition) is 3. The van der Waals surface area contributed by atoms with E-state index in [-0.39, 0.29) is 5.15 Å². The summed E-state index contributed by atoms with van der Waals surface area (Å²) in [5.74, 6) is 0.630. The van der Waals surface area contributed by atoms with Gasteiger partial charge in [0, 0.05) is 26.0 Å². The van der Waals surface area contributed by atoms with Gasteiger partial charge in [-0.2, -0.15) is 0 Å². The van der Waals surface area contributed by atoms with Gasteiger partial charge in [-0.15, -0.1) is 0 Å². The molecule has 0 aliphatic rings. The van der Waals surface area contributed by atoms with Crippen molar-refractivity contribution in [1.29, 1.82) is 0 Å². The molecule has 2 aromatic heterocycles. The molecule has 2 aromatic rings. The molecule has 19 heavy (non-hydrogen) atoms. The Balaban J connectivity index is 2.08. The summed E-state index contributed by atoms with van der Waals surface area (Å²) in [5, 5.41) is 1.11. The van der Waals surface area contributed by atoms with Gasteiger partial charge in [-0.1, -0.05) is 34.8 Å². The minimum Gasteiger partial charge on any atom is -0.358 e. The largest absolute Gasteiger partial charge is 0.358 e. The standard InChI is InChI=1S/C13H12Cl3N3/c1-19(7-4-9-2-5-17-6-3-9)13-11(15)8-10(14)12(16)18-13/h2-3,5-6,8H,4,7H2,1H3. The number of nitrogens with zero attached hydrogens (tertiary/aromatic N) is 3. The van der Waals surface area contributed by atoms with E-state index in [4.69, 9.17) is 34.8 Å². The number of halogens is 3. The Kier molecular flexibility index (Phi) is 4.86. The molecule has 0 spiro atoms. The van der Waals surface area contributed by atoms with Gasteiger partial charge in [-0.3, -0.25) is 4.98 Å². The van der Waals surface area contributed by atoms with E-state index in [1.165, 1.54) is 5.56 Å². The number of aromatic nitrogens is 2. The summed E-state index contributed by atoms with van der Waals surface area (Å²) in [5.41, 5.74) is 1.21. The monoisotopic (exact) mass is 315 g/mol. The second-order valence-electron chi connectivity index (χ2n) is 4.09. The average Bonchev–Trinajstić information content (AvgIpc) is 2.41. The van der Waals surface area contributed by atoms with Gasteiger partial charge in [0.15, 0.2) is 0 Å². The van der Waals surface area contributed by atoms with E-state index in [1.807, 2.05) is 24.1 Å². The van der Waals surface area contributed by atoms with Crippen LogP contribution in [0.3, 0.4) is 0 Å². The van der Waals surface area contributed by atoms with Gasteiger partial charge in [-0.05, 0) is 30.2 Å². The summed E-state index contributed by atoms with van der Waals surface area (Å²) in [6.45, 7) is 0.773. The smallest absolute Gasteiger partial charge is 0.150 e. The van der Waals surface area contributed by atoms with Crippen molar-refractivity contribution in [3.63, 3.8) is 0 Å². The summed E-state index contributed by atoms with van der Waals surface area (Å²) in [6.07, 6.45) is 4.43. The van der Waals surface area contributed by atoms with Crippen LogP contribution in [0.1, 0.15) is 5.56 Å². The molecule has 100 valence electrons. The Morgan fingerprint density at radius 1 is 1.11 bits per heavy atom. The SMILES string of the molecule is CN(CCc1ccncc1)c1nc(Cl)c(Cl)cc1Cl. The van der Waals surface area contributed by atoms with Crippen molar-refractivity contribution in [3.8, 4) is 0 Å². The highest BCUT2D eigenvalue weighted by Gasteiger charge is 2.11. The molecule has 2 heterocycles. The molecular weight excluding hydrogens is 305 g/mol. The molecule has 0 unspecified atom stereocenters. The molecule has 0 N–H and O–H groups in total. The van der Waals surface area contributed by atoms with Crippen LogP contribution in [0.25, 0.3) is 0 Å². The van der Waals surface area contributed by atoms with Crippen molar-refractivity contribution in [2.75, 3.05) is 18.5 Å². The first kappa shape index (κ1) is 14.4. The van der Waals surface area contributed by atoms with Crippen LogP contribution in [-0.4, -0.2) is 23.6 Å². The van der Waals surface area contributed by atoms with Crippen LogP contribution in [-0.2, 0) is 6.42 Å². The van der Waals surface area contributed by atoms with Gasteiger partial charge >= 0.3 is 0 Å². The van der Waals surface area contributed by atoms with Crippen LogP contribution >= 0.6 is 34.8 Å². The maximum absolute atomic E-state index is 6.12. The molecule has 0 saturated heterocycles. The molecule has 0 radical (unpaired) electrons.